The van der Waals surface area contributed by atoms with Gasteiger partial charge in [0.1, 0.15) is 0 Å². The Hall–Kier alpha value is -1.88. The summed E-state index contributed by atoms with van der Waals surface area (Å²) in [5.41, 5.74) is 2.17. The van der Waals surface area contributed by atoms with Gasteiger partial charge < -0.3 is 15.2 Å². The number of carboxylic acid groups (broad SMARTS) is 1. The summed E-state index contributed by atoms with van der Waals surface area (Å²) in [6.07, 6.45) is 3.01. The first-order chi connectivity index (χ1) is 9.93. The van der Waals surface area contributed by atoms with E-state index in [0.717, 1.165) is 19.3 Å². The molecule has 1 aliphatic carbocycles. The fraction of sp³-hybridized carbons (Fsp3) is 0.500. The molecule has 0 aliphatic heterocycles. The summed E-state index contributed by atoms with van der Waals surface area (Å²) < 4.78 is 5.04. The standard InChI is InChI=1S/C16H21NO4/c1-16(10-21-2,9-14(18)19)17-15(20)13-7-6-11-4-3-5-12(11)8-13/h6-8H,3-5,9-10H2,1-2H3,(H,17,20)(H,18,19). The van der Waals surface area contributed by atoms with Gasteiger partial charge in [-0.1, -0.05) is 6.07 Å². The van der Waals surface area contributed by atoms with Gasteiger partial charge in [0, 0.05) is 12.7 Å². The number of nitrogens with one attached hydrogen (secondary N) is 1. The Kier molecular flexibility index (Phi) is 4.63. The zero-order valence-corrected chi connectivity index (χ0v) is 12.4. The van der Waals surface area contributed by atoms with Crippen molar-refractivity contribution < 1.29 is 19.4 Å². The van der Waals surface area contributed by atoms with Gasteiger partial charge in [0.05, 0.1) is 18.6 Å². The summed E-state index contributed by atoms with van der Waals surface area (Å²) in [5.74, 6) is -1.23. The highest BCUT2D eigenvalue weighted by Crippen LogP contribution is 2.23. The van der Waals surface area contributed by atoms with Crippen molar-refractivity contribution in [1.29, 1.82) is 0 Å². The predicted molar refractivity (Wildman–Crippen MR) is 78.5 cm³/mol. The third-order valence-electron chi connectivity index (χ3n) is 3.78. The topological polar surface area (TPSA) is 75.6 Å². The van der Waals surface area contributed by atoms with Crippen LogP contribution in [0.5, 0.6) is 0 Å². The van der Waals surface area contributed by atoms with Gasteiger partial charge >= 0.3 is 5.97 Å². The van der Waals surface area contributed by atoms with Gasteiger partial charge in [0.2, 0.25) is 0 Å². The van der Waals surface area contributed by atoms with Crippen molar-refractivity contribution in [3.63, 3.8) is 0 Å². The normalized spacial score (nSPS) is 16.1. The maximum absolute atomic E-state index is 12.4. The molecule has 5 nitrogen and oxygen atoms in total. The van der Waals surface area contributed by atoms with Crippen LogP contribution in [-0.4, -0.2) is 36.2 Å². The first-order valence-electron chi connectivity index (χ1n) is 7.08. The molecule has 5 heteroatoms. The van der Waals surface area contributed by atoms with Crippen molar-refractivity contribution in [3.8, 4) is 0 Å². The summed E-state index contributed by atoms with van der Waals surface area (Å²) in [6.45, 7) is 1.83. The van der Waals surface area contributed by atoms with Crippen LogP contribution < -0.4 is 5.32 Å². The van der Waals surface area contributed by atoms with Crippen LogP contribution >= 0.6 is 0 Å². The largest absolute Gasteiger partial charge is 0.481 e. The molecule has 0 heterocycles. The molecule has 0 saturated heterocycles. The highest BCUT2D eigenvalue weighted by molar-refractivity contribution is 5.95. The van der Waals surface area contributed by atoms with E-state index in [4.69, 9.17) is 9.84 Å². The highest BCUT2D eigenvalue weighted by atomic mass is 16.5. The number of benzene rings is 1. The molecule has 0 bridgehead atoms. The summed E-state index contributed by atoms with van der Waals surface area (Å²) in [5, 5.41) is 11.8. The molecule has 1 unspecified atom stereocenters. The molecule has 0 aromatic heterocycles. The highest BCUT2D eigenvalue weighted by Gasteiger charge is 2.30. The SMILES string of the molecule is COCC(C)(CC(=O)O)NC(=O)c1ccc2c(c1)CCC2. The van der Waals surface area contributed by atoms with Crippen molar-refractivity contribution in [2.24, 2.45) is 0 Å². The maximum atomic E-state index is 12.4. The predicted octanol–water partition coefficient (Wildman–Crippen LogP) is 1.78. The average Bonchev–Trinajstić information content (AvgIpc) is 2.84. The number of fused-ring (bicyclic) bond motifs is 1. The third-order valence-corrected chi connectivity index (χ3v) is 3.78. The van der Waals surface area contributed by atoms with Crippen LogP contribution in [0.25, 0.3) is 0 Å². The van der Waals surface area contributed by atoms with Gasteiger partial charge in [-0.15, -0.1) is 0 Å². The molecule has 114 valence electrons. The average molecular weight is 291 g/mol. The second kappa shape index (κ2) is 6.26. The van der Waals surface area contributed by atoms with Crippen molar-refractivity contribution in [1.82, 2.24) is 5.32 Å². The van der Waals surface area contributed by atoms with Crippen molar-refractivity contribution in [2.45, 2.75) is 38.1 Å². The van der Waals surface area contributed by atoms with Gasteiger partial charge in [-0.3, -0.25) is 9.59 Å². The lowest BCUT2D eigenvalue weighted by molar-refractivity contribution is -0.139. The van der Waals surface area contributed by atoms with E-state index in [2.05, 4.69) is 5.32 Å². The molecule has 21 heavy (non-hydrogen) atoms. The number of aryl methyl sites for hydroxylation is 2. The number of aliphatic carboxylic acids is 1. The molecule has 1 atom stereocenters. The molecule has 0 radical (unpaired) electrons. The molecule has 0 fully saturated rings. The lowest BCUT2D eigenvalue weighted by atomic mass is 9.97. The number of hydrogen-bond acceptors (Lipinski definition) is 3. The van der Waals surface area contributed by atoms with Crippen LogP contribution in [0.15, 0.2) is 18.2 Å². The van der Waals surface area contributed by atoms with Crippen LogP contribution in [0.1, 0.15) is 41.3 Å². The number of carbonyl (C=O) groups is 2. The van der Waals surface area contributed by atoms with E-state index in [1.165, 1.54) is 18.2 Å². The van der Waals surface area contributed by atoms with Crippen molar-refractivity contribution in [2.75, 3.05) is 13.7 Å². The van der Waals surface area contributed by atoms with Gasteiger partial charge in [0.15, 0.2) is 0 Å². The fourth-order valence-electron chi connectivity index (χ4n) is 2.84. The molecule has 1 aromatic carbocycles. The lowest BCUT2D eigenvalue weighted by Crippen LogP contribution is -2.50. The molecule has 2 N–H and O–H groups in total. The Bertz CT molecular complexity index is 555. The van der Waals surface area contributed by atoms with E-state index in [1.54, 1.807) is 13.0 Å². The number of rotatable bonds is 6. The molecule has 0 saturated carbocycles. The number of methoxy groups -OCH3 is 1. The van der Waals surface area contributed by atoms with E-state index in [1.807, 2.05) is 12.1 Å². The molecule has 0 spiro atoms. The number of amides is 1. The van der Waals surface area contributed by atoms with Crippen LogP contribution in [0.2, 0.25) is 0 Å². The van der Waals surface area contributed by atoms with Crippen LogP contribution in [-0.2, 0) is 22.4 Å². The zero-order chi connectivity index (χ0) is 15.5. The lowest BCUT2D eigenvalue weighted by Gasteiger charge is -2.28. The minimum absolute atomic E-state index is 0.149. The summed E-state index contributed by atoms with van der Waals surface area (Å²) in [6, 6.07) is 5.70. The third kappa shape index (κ3) is 3.82. The van der Waals surface area contributed by atoms with E-state index < -0.39 is 11.5 Å². The molecule has 1 amide bonds. The maximum Gasteiger partial charge on any atom is 0.305 e. The molecular formula is C16H21NO4. The second-order valence-corrected chi connectivity index (χ2v) is 5.86. The molecule has 1 aliphatic rings. The van der Waals surface area contributed by atoms with Crippen molar-refractivity contribution >= 4 is 11.9 Å². The molecule has 1 aromatic rings. The number of carbonyl (C=O) groups excluding carboxylic acids is 1. The number of carboxylic acids is 1. The Labute approximate surface area is 124 Å². The molecule has 2 rings (SSSR count). The first-order valence-corrected chi connectivity index (χ1v) is 7.08. The minimum atomic E-state index is -0.969. The number of hydrogen-bond donors (Lipinski definition) is 2. The van der Waals surface area contributed by atoms with Crippen LogP contribution in [0.3, 0.4) is 0 Å². The minimum Gasteiger partial charge on any atom is -0.481 e. The Morgan fingerprint density at radius 2 is 2.05 bits per heavy atom. The van der Waals surface area contributed by atoms with Gasteiger partial charge in [-0.25, -0.2) is 0 Å². The van der Waals surface area contributed by atoms with Gasteiger partial charge in [-0.05, 0) is 49.4 Å². The summed E-state index contributed by atoms with van der Waals surface area (Å²) in [7, 11) is 1.49. The zero-order valence-electron chi connectivity index (χ0n) is 12.4. The van der Waals surface area contributed by atoms with E-state index in [9.17, 15) is 9.59 Å². The van der Waals surface area contributed by atoms with Crippen LogP contribution in [0, 0.1) is 0 Å². The van der Waals surface area contributed by atoms with Gasteiger partial charge in [-0.2, -0.15) is 0 Å². The van der Waals surface area contributed by atoms with E-state index in [-0.39, 0.29) is 18.9 Å². The summed E-state index contributed by atoms with van der Waals surface area (Å²) >= 11 is 0. The quantitative estimate of drug-likeness (QED) is 0.838. The van der Waals surface area contributed by atoms with E-state index >= 15 is 0 Å². The monoisotopic (exact) mass is 291 g/mol. The second-order valence-electron chi connectivity index (χ2n) is 5.86. The summed E-state index contributed by atoms with van der Waals surface area (Å²) in [4.78, 5) is 23.3. The Morgan fingerprint density at radius 3 is 2.71 bits per heavy atom. The first kappa shape index (κ1) is 15.5. The Balaban J connectivity index is 2.13. The van der Waals surface area contributed by atoms with Crippen LogP contribution in [0.4, 0.5) is 0 Å². The van der Waals surface area contributed by atoms with E-state index in [0.29, 0.717) is 5.56 Å². The fourth-order valence-corrected chi connectivity index (χ4v) is 2.84. The van der Waals surface area contributed by atoms with Gasteiger partial charge in [0.25, 0.3) is 5.91 Å². The number of ether oxygens (including phenoxy) is 1. The smallest absolute Gasteiger partial charge is 0.305 e. The van der Waals surface area contributed by atoms with Crippen molar-refractivity contribution in [3.05, 3.63) is 34.9 Å². The Morgan fingerprint density at radius 1 is 1.33 bits per heavy atom. The molecular weight excluding hydrogens is 270 g/mol.